The Kier molecular flexibility index (Phi) is 5.13. The van der Waals surface area contributed by atoms with Crippen LogP contribution in [0.15, 0.2) is 0 Å². The Balaban J connectivity index is 1.46. The topological polar surface area (TPSA) is 81.8 Å². The van der Waals surface area contributed by atoms with Crippen molar-refractivity contribution in [1.29, 1.82) is 0 Å². The lowest BCUT2D eigenvalue weighted by Crippen LogP contribution is -2.53. The average Bonchev–Trinajstić information content (AvgIpc) is 2.90. The van der Waals surface area contributed by atoms with E-state index in [1.807, 2.05) is 4.90 Å². The Morgan fingerprint density at radius 1 is 1.00 bits per heavy atom. The molecule has 3 rings (SSSR count). The zero-order valence-electron chi connectivity index (χ0n) is 13.8. The van der Waals surface area contributed by atoms with Crippen molar-refractivity contribution in [2.45, 2.75) is 56.7 Å². The zero-order valence-corrected chi connectivity index (χ0v) is 14.6. The standard InChI is InChI=1S/C15H28N4O3S/c1-23(21,22)17-12-5-9-19(10-6-12)15(20)16-13-7-11-18-8-3-2-4-14(13)18/h12-14,17H,2-11H2,1H3,(H,16,20)/t13-,14+/m0/s1. The van der Waals surface area contributed by atoms with Crippen molar-refractivity contribution in [3.8, 4) is 0 Å². The lowest BCUT2D eigenvalue weighted by atomic mass is 9.99. The van der Waals surface area contributed by atoms with Crippen molar-refractivity contribution in [3.63, 3.8) is 0 Å². The van der Waals surface area contributed by atoms with Crippen LogP contribution in [0, 0.1) is 0 Å². The van der Waals surface area contributed by atoms with Crippen molar-refractivity contribution in [2.24, 2.45) is 0 Å². The summed E-state index contributed by atoms with van der Waals surface area (Å²) in [6, 6.07) is 0.751. The zero-order chi connectivity index (χ0) is 16.4. The summed E-state index contributed by atoms with van der Waals surface area (Å²) in [5.41, 5.74) is 0. The third-order valence-corrected chi connectivity index (χ3v) is 6.09. The molecule has 7 nitrogen and oxygen atoms in total. The Hall–Kier alpha value is -0.860. The highest BCUT2D eigenvalue weighted by Crippen LogP contribution is 2.27. The number of hydrogen-bond donors (Lipinski definition) is 2. The van der Waals surface area contributed by atoms with Gasteiger partial charge >= 0.3 is 6.03 Å². The van der Waals surface area contributed by atoms with Gasteiger partial charge in [0.25, 0.3) is 0 Å². The van der Waals surface area contributed by atoms with Crippen LogP contribution in [0.2, 0.25) is 0 Å². The second-order valence-electron chi connectivity index (χ2n) is 7.10. The number of urea groups is 1. The first kappa shape index (κ1) is 17.0. The molecule has 0 aromatic heterocycles. The number of hydrogen-bond acceptors (Lipinski definition) is 4. The van der Waals surface area contributed by atoms with E-state index in [2.05, 4.69) is 14.9 Å². The summed E-state index contributed by atoms with van der Waals surface area (Å²) in [7, 11) is -3.17. The van der Waals surface area contributed by atoms with Gasteiger partial charge in [0.2, 0.25) is 10.0 Å². The molecule has 23 heavy (non-hydrogen) atoms. The largest absolute Gasteiger partial charge is 0.334 e. The van der Waals surface area contributed by atoms with Crippen LogP contribution in [0.3, 0.4) is 0 Å². The SMILES string of the molecule is CS(=O)(=O)NC1CCN(C(=O)N[C@H]2CCN3CCCC[C@H]23)CC1. The molecule has 0 saturated carbocycles. The number of amides is 2. The van der Waals surface area contributed by atoms with Crippen molar-refractivity contribution >= 4 is 16.1 Å². The van der Waals surface area contributed by atoms with Crippen molar-refractivity contribution < 1.29 is 13.2 Å². The normalized spacial score (nSPS) is 30.2. The van der Waals surface area contributed by atoms with Gasteiger partial charge in [-0.25, -0.2) is 17.9 Å². The number of likely N-dealkylation sites (tertiary alicyclic amines) is 1. The minimum Gasteiger partial charge on any atom is -0.334 e. The van der Waals surface area contributed by atoms with Gasteiger partial charge in [0.1, 0.15) is 0 Å². The number of nitrogens with one attached hydrogen (secondary N) is 2. The number of fused-ring (bicyclic) bond motifs is 1. The fourth-order valence-electron chi connectivity index (χ4n) is 4.17. The first-order valence-corrected chi connectivity index (χ1v) is 10.6. The van der Waals surface area contributed by atoms with Crippen LogP contribution >= 0.6 is 0 Å². The number of nitrogens with zero attached hydrogens (tertiary/aromatic N) is 2. The Bertz CT molecular complexity index is 531. The Morgan fingerprint density at radius 2 is 1.74 bits per heavy atom. The first-order valence-electron chi connectivity index (χ1n) is 8.69. The minimum atomic E-state index is -3.17. The van der Waals surface area contributed by atoms with Crippen molar-refractivity contribution in [3.05, 3.63) is 0 Å². The van der Waals surface area contributed by atoms with Crippen molar-refractivity contribution in [1.82, 2.24) is 19.8 Å². The molecule has 0 unspecified atom stereocenters. The highest BCUT2D eigenvalue weighted by molar-refractivity contribution is 7.88. The molecule has 0 spiro atoms. The molecule has 8 heteroatoms. The summed E-state index contributed by atoms with van der Waals surface area (Å²) in [5.74, 6) is 0. The maximum Gasteiger partial charge on any atom is 0.317 e. The average molecular weight is 344 g/mol. The fourth-order valence-corrected chi connectivity index (χ4v) is 5.01. The molecule has 0 aliphatic carbocycles. The van der Waals surface area contributed by atoms with Crippen LogP contribution < -0.4 is 10.0 Å². The summed E-state index contributed by atoms with van der Waals surface area (Å²) < 4.78 is 25.2. The summed E-state index contributed by atoms with van der Waals surface area (Å²) in [5, 5.41) is 3.22. The van der Waals surface area contributed by atoms with Gasteiger partial charge < -0.3 is 10.2 Å². The van der Waals surface area contributed by atoms with E-state index in [1.54, 1.807) is 0 Å². The molecule has 3 saturated heterocycles. The molecule has 2 atom stereocenters. The molecule has 3 aliphatic heterocycles. The molecule has 0 aromatic rings. The van der Waals surface area contributed by atoms with Crippen LogP contribution in [0.4, 0.5) is 4.79 Å². The summed E-state index contributed by atoms with van der Waals surface area (Å²) >= 11 is 0. The van der Waals surface area contributed by atoms with E-state index >= 15 is 0 Å². The molecule has 0 bridgehead atoms. The van der Waals surface area contributed by atoms with Gasteiger partial charge in [-0.1, -0.05) is 6.42 Å². The van der Waals surface area contributed by atoms with Gasteiger partial charge in [-0.2, -0.15) is 0 Å². The second-order valence-corrected chi connectivity index (χ2v) is 8.88. The summed E-state index contributed by atoms with van der Waals surface area (Å²) in [6.07, 6.45) is 7.31. The number of carbonyl (C=O) groups is 1. The minimum absolute atomic E-state index is 0.0141. The van der Waals surface area contributed by atoms with E-state index in [4.69, 9.17) is 0 Å². The smallest absolute Gasteiger partial charge is 0.317 e. The molecule has 2 amide bonds. The molecule has 0 radical (unpaired) electrons. The number of carbonyl (C=O) groups excluding carboxylic acids is 1. The fraction of sp³-hybridized carbons (Fsp3) is 0.933. The van der Waals surface area contributed by atoms with E-state index in [1.165, 1.54) is 32.1 Å². The van der Waals surface area contributed by atoms with Crippen LogP contribution in [-0.4, -0.2) is 74.8 Å². The second kappa shape index (κ2) is 6.94. The maximum atomic E-state index is 12.5. The molecule has 0 aromatic carbocycles. The van der Waals surface area contributed by atoms with Crippen LogP contribution in [0.25, 0.3) is 0 Å². The van der Waals surface area contributed by atoms with E-state index in [0.29, 0.717) is 32.0 Å². The number of sulfonamides is 1. The number of rotatable bonds is 3. The first-order chi connectivity index (χ1) is 10.9. The van der Waals surface area contributed by atoms with Gasteiger partial charge in [0, 0.05) is 37.8 Å². The molecule has 132 valence electrons. The van der Waals surface area contributed by atoms with E-state index in [-0.39, 0.29) is 18.1 Å². The van der Waals surface area contributed by atoms with E-state index in [9.17, 15) is 13.2 Å². The van der Waals surface area contributed by atoms with Gasteiger partial charge in [-0.3, -0.25) is 4.90 Å². The Morgan fingerprint density at radius 3 is 2.43 bits per heavy atom. The Labute approximate surface area is 138 Å². The van der Waals surface area contributed by atoms with Crippen molar-refractivity contribution in [2.75, 3.05) is 32.4 Å². The lowest BCUT2D eigenvalue weighted by Gasteiger charge is -2.35. The molecular formula is C15H28N4O3S. The predicted octanol–water partition coefficient (Wildman–Crippen LogP) is 0.336. The van der Waals surface area contributed by atoms with Gasteiger partial charge in [-0.15, -0.1) is 0 Å². The quantitative estimate of drug-likeness (QED) is 0.773. The van der Waals surface area contributed by atoms with Gasteiger partial charge in [0.15, 0.2) is 0 Å². The van der Waals surface area contributed by atoms with E-state index < -0.39 is 10.0 Å². The molecule has 3 fully saturated rings. The third kappa shape index (κ3) is 4.36. The summed E-state index contributed by atoms with van der Waals surface area (Å²) in [4.78, 5) is 16.8. The van der Waals surface area contributed by atoms with E-state index in [0.717, 1.165) is 13.0 Å². The van der Waals surface area contributed by atoms with Crippen LogP contribution in [0.5, 0.6) is 0 Å². The molecule has 2 N–H and O–H groups in total. The third-order valence-electron chi connectivity index (χ3n) is 5.33. The summed E-state index contributed by atoms with van der Waals surface area (Å²) in [6.45, 7) is 3.48. The molecule has 3 heterocycles. The highest BCUT2D eigenvalue weighted by Gasteiger charge is 2.37. The maximum absolute atomic E-state index is 12.5. The van der Waals surface area contributed by atoms with Crippen LogP contribution in [0.1, 0.15) is 38.5 Å². The van der Waals surface area contributed by atoms with Crippen LogP contribution in [-0.2, 0) is 10.0 Å². The molecular weight excluding hydrogens is 316 g/mol. The predicted molar refractivity (Wildman–Crippen MR) is 88.7 cm³/mol. The number of piperidine rings is 2. The van der Waals surface area contributed by atoms with Gasteiger partial charge in [-0.05, 0) is 38.6 Å². The molecule has 3 aliphatic rings. The highest BCUT2D eigenvalue weighted by atomic mass is 32.2. The van der Waals surface area contributed by atoms with Gasteiger partial charge in [0.05, 0.1) is 6.26 Å². The lowest BCUT2D eigenvalue weighted by molar-refractivity contribution is 0.159. The monoisotopic (exact) mass is 344 g/mol.